The number of hydrogen-bond acceptors (Lipinski definition) is 2. The highest BCUT2D eigenvalue weighted by atomic mass is 15.1. The standard InChI is InChI=1S/C16H25N3/c1-4-19(5-2)12-13(3)18-11-15-8-6-7-14-9-10-17-16(14)15/h6-10,13,17-18H,4-5,11-12H2,1-3H3. The minimum Gasteiger partial charge on any atom is -0.361 e. The largest absolute Gasteiger partial charge is 0.361 e. The maximum absolute atomic E-state index is 3.62. The Kier molecular flexibility index (Phi) is 5.00. The zero-order chi connectivity index (χ0) is 13.7. The van der Waals surface area contributed by atoms with E-state index in [0.29, 0.717) is 6.04 Å². The molecule has 104 valence electrons. The van der Waals surface area contributed by atoms with E-state index in [1.165, 1.54) is 16.5 Å². The molecule has 0 aliphatic rings. The van der Waals surface area contributed by atoms with E-state index in [1.54, 1.807) is 0 Å². The molecule has 1 unspecified atom stereocenters. The van der Waals surface area contributed by atoms with Crippen molar-refractivity contribution >= 4 is 10.9 Å². The van der Waals surface area contributed by atoms with Gasteiger partial charge in [-0.05, 0) is 37.0 Å². The van der Waals surface area contributed by atoms with Crippen LogP contribution in [0.4, 0.5) is 0 Å². The Bertz CT molecular complexity index is 499. The van der Waals surface area contributed by atoms with E-state index in [4.69, 9.17) is 0 Å². The number of likely N-dealkylation sites (N-methyl/N-ethyl adjacent to an activating group) is 1. The summed E-state index contributed by atoms with van der Waals surface area (Å²) in [6.07, 6.45) is 2.01. The minimum absolute atomic E-state index is 0.505. The zero-order valence-electron chi connectivity index (χ0n) is 12.2. The summed E-state index contributed by atoms with van der Waals surface area (Å²) in [5.74, 6) is 0. The van der Waals surface area contributed by atoms with E-state index in [9.17, 15) is 0 Å². The molecule has 1 atom stereocenters. The number of hydrogen-bond donors (Lipinski definition) is 2. The third kappa shape index (κ3) is 3.58. The molecule has 2 aromatic rings. The van der Waals surface area contributed by atoms with Crippen molar-refractivity contribution in [2.24, 2.45) is 0 Å². The van der Waals surface area contributed by atoms with E-state index in [2.05, 4.69) is 60.2 Å². The Morgan fingerprint density at radius 2 is 2.00 bits per heavy atom. The van der Waals surface area contributed by atoms with Crippen LogP contribution in [0.1, 0.15) is 26.3 Å². The van der Waals surface area contributed by atoms with Gasteiger partial charge in [0.1, 0.15) is 0 Å². The molecular weight excluding hydrogens is 234 g/mol. The lowest BCUT2D eigenvalue weighted by molar-refractivity contribution is 0.271. The van der Waals surface area contributed by atoms with Crippen LogP contribution in [0.15, 0.2) is 30.5 Å². The number of benzene rings is 1. The van der Waals surface area contributed by atoms with Gasteiger partial charge < -0.3 is 15.2 Å². The molecule has 0 spiro atoms. The van der Waals surface area contributed by atoms with Crippen LogP contribution in [0.3, 0.4) is 0 Å². The van der Waals surface area contributed by atoms with Crippen LogP contribution in [-0.2, 0) is 6.54 Å². The number of H-pyrrole nitrogens is 1. The Hall–Kier alpha value is -1.32. The lowest BCUT2D eigenvalue weighted by Gasteiger charge is -2.23. The molecular formula is C16H25N3. The molecule has 19 heavy (non-hydrogen) atoms. The van der Waals surface area contributed by atoms with Gasteiger partial charge in [0.15, 0.2) is 0 Å². The molecule has 1 aromatic heterocycles. The number of aromatic amines is 1. The predicted octanol–water partition coefficient (Wildman–Crippen LogP) is 2.99. The van der Waals surface area contributed by atoms with E-state index >= 15 is 0 Å². The monoisotopic (exact) mass is 259 g/mol. The molecule has 1 heterocycles. The fourth-order valence-corrected chi connectivity index (χ4v) is 2.51. The summed E-state index contributed by atoms with van der Waals surface area (Å²) in [7, 11) is 0. The van der Waals surface area contributed by atoms with Crippen molar-refractivity contribution in [1.29, 1.82) is 0 Å². The third-order valence-corrected chi connectivity index (χ3v) is 3.74. The first-order valence-electron chi connectivity index (χ1n) is 7.25. The van der Waals surface area contributed by atoms with Crippen molar-refractivity contribution in [3.63, 3.8) is 0 Å². The molecule has 0 fully saturated rings. The van der Waals surface area contributed by atoms with Gasteiger partial charge in [0.2, 0.25) is 0 Å². The van der Waals surface area contributed by atoms with E-state index < -0.39 is 0 Å². The first-order valence-corrected chi connectivity index (χ1v) is 7.25. The van der Waals surface area contributed by atoms with E-state index in [-0.39, 0.29) is 0 Å². The summed E-state index contributed by atoms with van der Waals surface area (Å²) >= 11 is 0. The molecule has 0 amide bonds. The topological polar surface area (TPSA) is 31.1 Å². The molecule has 2 rings (SSSR count). The quantitative estimate of drug-likeness (QED) is 0.801. The second kappa shape index (κ2) is 6.73. The molecule has 3 nitrogen and oxygen atoms in total. The number of nitrogens with zero attached hydrogens (tertiary/aromatic N) is 1. The van der Waals surface area contributed by atoms with Crippen molar-refractivity contribution in [3.8, 4) is 0 Å². The molecule has 2 N–H and O–H groups in total. The molecule has 0 aliphatic heterocycles. The van der Waals surface area contributed by atoms with Gasteiger partial charge in [0.25, 0.3) is 0 Å². The van der Waals surface area contributed by atoms with Crippen LogP contribution in [0, 0.1) is 0 Å². The van der Waals surface area contributed by atoms with E-state index in [1.807, 2.05) is 6.20 Å². The molecule has 0 saturated carbocycles. The Labute approximate surface area is 116 Å². The van der Waals surface area contributed by atoms with Crippen molar-refractivity contribution in [2.75, 3.05) is 19.6 Å². The summed E-state index contributed by atoms with van der Waals surface area (Å²) in [6.45, 7) is 11.0. The van der Waals surface area contributed by atoms with Crippen molar-refractivity contribution < 1.29 is 0 Å². The van der Waals surface area contributed by atoms with Gasteiger partial charge in [-0.1, -0.05) is 32.0 Å². The normalized spacial score (nSPS) is 13.3. The second-order valence-electron chi connectivity index (χ2n) is 5.13. The van der Waals surface area contributed by atoms with Gasteiger partial charge in [0, 0.05) is 30.8 Å². The van der Waals surface area contributed by atoms with Crippen LogP contribution in [0.5, 0.6) is 0 Å². The van der Waals surface area contributed by atoms with Crippen molar-refractivity contribution in [2.45, 2.75) is 33.4 Å². The molecule has 0 bridgehead atoms. The summed E-state index contributed by atoms with van der Waals surface area (Å²) in [5.41, 5.74) is 2.60. The summed E-state index contributed by atoms with van der Waals surface area (Å²) in [6, 6.07) is 9.09. The third-order valence-electron chi connectivity index (χ3n) is 3.74. The van der Waals surface area contributed by atoms with Crippen LogP contribution < -0.4 is 5.32 Å². The molecule has 3 heteroatoms. The summed E-state index contributed by atoms with van der Waals surface area (Å²) < 4.78 is 0. The summed E-state index contributed by atoms with van der Waals surface area (Å²) in [4.78, 5) is 5.78. The van der Waals surface area contributed by atoms with Crippen LogP contribution in [0.25, 0.3) is 10.9 Å². The minimum atomic E-state index is 0.505. The van der Waals surface area contributed by atoms with Gasteiger partial charge in [-0.2, -0.15) is 0 Å². The first kappa shape index (κ1) is 14.1. The highest BCUT2D eigenvalue weighted by Gasteiger charge is 2.08. The number of nitrogens with one attached hydrogen (secondary N) is 2. The van der Waals surface area contributed by atoms with Crippen molar-refractivity contribution in [1.82, 2.24) is 15.2 Å². The SMILES string of the molecule is CCN(CC)CC(C)NCc1cccc2cc[nH]c12. The van der Waals surface area contributed by atoms with Gasteiger partial charge in [-0.15, -0.1) is 0 Å². The number of para-hydroxylation sites is 1. The Morgan fingerprint density at radius 3 is 2.74 bits per heavy atom. The van der Waals surface area contributed by atoms with E-state index in [0.717, 1.165) is 26.2 Å². The first-order chi connectivity index (χ1) is 9.24. The number of fused-ring (bicyclic) bond motifs is 1. The number of aromatic nitrogens is 1. The maximum atomic E-state index is 3.62. The molecule has 0 aliphatic carbocycles. The summed E-state index contributed by atoms with van der Waals surface area (Å²) in [5, 5.41) is 4.91. The Morgan fingerprint density at radius 1 is 1.21 bits per heavy atom. The average Bonchev–Trinajstić information content (AvgIpc) is 2.91. The lowest BCUT2D eigenvalue weighted by Crippen LogP contribution is -2.38. The highest BCUT2D eigenvalue weighted by Crippen LogP contribution is 2.16. The number of rotatable bonds is 7. The predicted molar refractivity (Wildman–Crippen MR) is 82.4 cm³/mol. The van der Waals surface area contributed by atoms with Gasteiger partial charge in [-0.25, -0.2) is 0 Å². The second-order valence-corrected chi connectivity index (χ2v) is 5.13. The van der Waals surface area contributed by atoms with Gasteiger partial charge in [-0.3, -0.25) is 0 Å². The zero-order valence-corrected chi connectivity index (χ0v) is 12.2. The van der Waals surface area contributed by atoms with Gasteiger partial charge in [0.05, 0.1) is 0 Å². The fourth-order valence-electron chi connectivity index (χ4n) is 2.51. The van der Waals surface area contributed by atoms with Crippen molar-refractivity contribution in [3.05, 3.63) is 36.0 Å². The molecule has 0 radical (unpaired) electrons. The molecule has 0 saturated heterocycles. The van der Waals surface area contributed by atoms with Crippen LogP contribution >= 0.6 is 0 Å². The Balaban J connectivity index is 1.93. The average molecular weight is 259 g/mol. The smallest absolute Gasteiger partial charge is 0.0499 e. The van der Waals surface area contributed by atoms with Crippen LogP contribution in [0.2, 0.25) is 0 Å². The lowest BCUT2D eigenvalue weighted by atomic mass is 10.1. The molecule has 1 aromatic carbocycles. The fraction of sp³-hybridized carbons (Fsp3) is 0.500. The highest BCUT2D eigenvalue weighted by molar-refractivity contribution is 5.82. The maximum Gasteiger partial charge on any atom is 0.0499 e. The van der Waals surface area contributed by atoms with Gasteiger partial charge >= 0.3 is 0 Å². The van der Waals surface area contributed by atoms with Crippen LogP contribution in [-0.4, -0.2) is 35.6 Å².